The van der Waals surface area contributed by atoms with E-state index in [0.29, 0.717) is 5.03 Å². The minimum absolute atomic E-state index is 0.0248. The second-order valence-electron chi connectivity index (χ2n) is 7.91. The molecule has 1 unspecified atom stereocenters. The number of aryl methyl sites for hydroxylation is 1. The number of hydrogen-bond donors (Lipinski definition) is 2. The van der Waals surface area contributed by atoms with Gasteiger partial charge < -0.3 is 10.2 Å². The Kier molecular flexibility index (Phi) is 5.53. The molecule has 0 saturated heterocycles. The maximum Gasteiger partial charge on any atom is 0.266 e. The number of nitrogens with zero attached hydrogens (tertiary/aromatic N) is 2. The van der Waals surface area contributed by atoms with Crippen molar-refractivity contribution in [3.63, 3.8) is 0 Å². The van der Waals surface area contributed by atoms with E-state index >= 15 is 0 Å². The molecule has 0 bridgehead atoms. The summed E-state index contributed by atoms with van der Waals surface area (Å²) in [5.41, 5.74) is 4.29. The van der Waals surface area contributed by atoms with E-state index in [9.17, 15) is 10.1 Å². The lowest BCUT2D eigenvalue weighted by Gasteiger charge is -2.39. The summed E-state index contributed by atoms with van der Waals surface area (Å²) in [6, 6.07) is 18.2. The second-order valence-corrected chi connectivity index (χ2v) is 8.33. The Morgan fingerprint density at radius 1 is 1.14 bits per heavy atom. The number of thiol groups is 1. The molecule has 2 aromatic rings. The normalized spacial score (nSPS) is 17.4. The molecule has 4 nitrogen and oxygen atoms in total. The number of rotatable bonds is 3. The van der Waals surface area contributed by atoms with Crippen molar-refractivity contribution in [2.24, 2.45) is 0 Å². The number of benzene rings is 2. The van der Waals surface area contributed by atoms with Gasteiger partial charge in [-0.3, -0.25) is 4.79 Å². The molecule has 144 valence electrons. The van der Waals surface area contributed by atoms with E-state index in [1.807, 2.05) is 41.3 Å². The van der Waals surface area contributed by atoms with E-state index in [4.69, 9.17) is 0 Å². The SMILES string of the molecule is CCc1ccccc1N1C(S)=C(C#N)C(=O)NC1c1ccc(C(C)(C)C)cc1. The number of hydrogen-bond acceptors (Lipinski definition) is 4. The summed E-state index contributed by atoms with van der Waals surface area (Å²) in [4.78, 5) is 14.4. The zero-order valence-electron chi connectivity index (χ0n) is 16.7. The zero-order chi connectivity index (χ0) is 20.5. The van der Waals surface area contributed by atoms with Gasteiger partial charge in [0.2, 0.25) is 0 Å². The van der Waals surface area contributed by atoms with Crippen molar-refractivity contribution in [2.75, 3.05) is 4.90 Å². The van der Waals surface area contributed by atoms with Crippen molar-refractivity contribution in [1.82, 2.24) is 5.32 Å². The van der Waals surface area contributed by atoms with Crippen LogP contribution in [0.25, 0.3) is 0 Å². The summed E-state index contributed by atoms with van der Waals surface area (Å²) in [6.45, 7) is 8.59. The summed E-state index contributed by atoms with van der Waals surface area (Å²) < 4.78 is 0. The van der Waals surface area contributed by atoms with Crippen molar-refractivity contribution >= 4 is 24.2 Å². The molecule has 1 heterocycles. The van der Waals surface area contributed by atoms with E-state index < -0.39 is 12.1 Å². The zero-order valence-corrected chi connectivity index (χ0v) is 17.5. The van der Waals surface area contributed by atoms with Gasteiger partial charge in [-0.1, -0.05) is 70.2 Å². The van der Waals surface area contributed by atoms with Crippen molar-refractivity contribution in [1.29, 1.82) is 5.26 Å². The first-order valence-electron chi connectivity index (χ1n) is 9.39. The van der Waals surface area contributed by atoms with Crippen LogP contribution in [0.2, 0.25) is 0 Å². The Morgan fingerprint density at radius 3 is 2.36 bits per heavy atom. The van der Waals surface area contributed by atoms with Crippen LogP contribution in [0.3, 0.4) is 0 Å². The molecule has 0 fully saturated rings. The lowest BCUT2D eigenvalue weighted by molar-refractivity contribution is -0.118. The molecule has 3 rings (SSSR count). The fraction of sp³-hybridized carbons (Fsp3) is 0.304. The van der Waals surface area contributed by atoms with Crippen molar-refractivity contribution in [3.05, 3.63) is 75.8 Å². The number of nitriles is 1. The lowest BCUT2D eigenvalue weighted by Crippen LogP contribution is -2.46. The molecule has 2 aromatic carbocycles. The molecular formula is C23H25N3OS. The first kappa shape index (κ1) is 20.0. The lowest BCUT2D eigenvalue weighted by atomic mass is 9.86. The molecule has 0 spiro atoms. The van der Waals surface area contributed by atoms with Crippen LogP contribution in [0.15, 0.2) is 59.1 Å². The summed E-state index contributed by atoms with van der Waals surface area (Å²) in [5.74, 6) is -0.400. The van der Waals surface area contributed by atoms with Crippen molar-refractivity contribution < 1.29 is 4.79 Å². The van der Waals surface area contributed by atoms with Crippen LogP contribution in [0.4, 0.5) is 5.69 Å². The Morgan fingerprint density at radius 2 is 1.79 bits per heavy atom. The van der Waals surface area contributed by atoms with Crippen LogP contribution in [-0.4, -0.2) is 5.91 Å². The summed E-state index contributed by atoms with van der Waals surface area (Å²) >= 11 is 4.59. The molecule has 0 aliphatic carbocycles. The second kappa shape index (κ2) is 7.73. The van der Waals surface area contributed by atoms with Crippen molar-refractivity contribution in [3.8, 4) is 6.07 Å². The minimum Gasteiger partial charge on any atom is -0.327 e. The van der Waals surface area contributed by atoms with Gasteiger partial charge in [0.15, 0.2) is 0 Å². The Labute approximate surface area is 172 Å². The third kappa shape index (κ3) is 3.65. The van der Waals surface area contributed by atoms with Gasteiger partial charge in [0.05, 0.1) is 5.03 Å². The molecule has 28 heavy (non-hydrogen) atoms. The molecule has 1 N–H and O–H groups in total. The van der Waals surface area contributed by atoms with E-state index in [-0.39, 0.29) is 11.0 Å². The predicted molar refractivity (Wildman–Crippen MR) is 116 cm³/mol. The molecule has 5 heteroatoms. The van der Waals surface area contributed by atoms with Crippen molar-refractivity contribution in [2.45, 2.75) is 45.7 Å². The Bertz CT molecular complexity index is 965. The molecular weight excluding hydrogens is 366 g/mol. The maximum atomic E-state index is 12.5. The maximum absolute atomic E-state index is 12.5. The van der Waals surface area contributed by atoms with Gasteiger partial charge in [-0.15, -0.1) is 12.6 Å². The molecule has 1 amide bonds. The van der Waals surface area contributed by atoms with E-state index in [2.05, 4.69) is 63.8 Å². The average Bonchev–Trinajstić information content (AvgIpc) is 2.67. The highest BCUT2D eigenvalue weighted by Crippen LogP contribution is 2.38. The monoisotopic (exact) mass is 391 g/mol. The average molecular weight is 392 g/mol. The van der Waals surface area contributed by atoms with Gasteiger partial charge in [-0.25, -0.2) is 0 Å². The van der Waals surface area contributed by atoms with Crippen LogP contribution >= 0.6 is 12.6 Å². The van der Waals surface area contributed by atoms with Crippen LogP contribution in [0.5, 0.6) is 0 Å². The highest BCUT2D eigenvalue weighted by Gasteiger charge is 2.34. The fourth-order valence-electron chi connectivity index (χ4n) is 3.40. The van der Waals surface area contributed by atoms with Gasteiger partial charge in [-0.05, 0) is 34.6 Å². The predicted octanol–water partition coefficient (Wildman–Crippen LogP) is 4.85. The molecule has 1 atom stereocenters. The Balaban J connectivity index is 2.14. The van der Waals surface area contributed by atoms with Crippen LogP contribution in [0.1, 0.15) is 50.6 Å². The van der Waals surface area contributed by atoms with Crippen LogP contribution in [-0.2, 0) is 16.6 Å². The minimum atomic E-state index is -0.432. The number of nitrogens with one attached hydrogen (secondary N) is 1. The molecule has 0 aromatic heterocycles. The summed E-state index contributed by atoms with van der Waals surface area (Å²) in [7, 11) is 0. The third-order valence-corrected chi connectivity index (χ3v) is 5.48. The number of anilines is 1. The highest BCUT2D eigenvalue weighted by molar-refractivity contribution is 7.84. The van der Waals surface area contributed by atoms with E-state index in [1.165, 1.54) is 5.56 Å². The molecule has 1 aliphatic heterocycles. The number of carbonyl (C=O) groups is 1. The van der Waals surface area contributed by atoms with E-state index in [1.54, 1.807) is 0 Å². The van der Waals surface area contributed by atoms with Gasteiger partial charge in [0.25, 0.3) is 5.91 Å². The first-order valence-corrected chi connectivity index (χ1v) is 9.84. The quantitative estimate of drug-likeness (QED) is 0.736. The van der Waals surface area contributed by atoms with Gasteiger partial charge in [0, 0.05) is 5.69 Å². The number of amides is 1. The molecule has 1 aliphatic rings. The van der Waals surface area contributed by atoms with Crippen LogP contribution < -0.4 is 10.2 Å². The molecule has 0 saturated carbocycles. The van der Waals surface area contributed by atoms with E-state index in [0.717, 1.165) is 23.2 Å². The number of carbonyl (C=O) groups excluding carboxylic acids is 1. The van der Waals surface area contributed by atoms with Gasteiger partial charge in [-0.2, -0.15) is 5.26 Å². The third-order valence-electron chi connectivity index (χ3n) is 5.04. The summed E-state index contributed by atoms with van der Waals surface area (Å²) in [5, 5.41) is 12.8. The highest BCUT2D eigenvalue weighted by atomic mass is 32.1. The molecule has 0 radical (unpaired) electrons. The van der Waals surface area contributed by atoms with Gasteiger partial charge >= 0.3 is 0 Å². The topological polar surface area (TPSA) is 56.1 Å². The Hall–Kier alpha value is -2.71. The first-order chi connectivity index (χ1) is 13.3. The summed E-state index contributed by atoms with van der Waals surface area (Å²) in [6.07, 6.45) is 0.401. The van der Waals surface area contributed by atoms with Gasteiger partial charge in [0.1, 0.15) is 17.8 Å². The van der Waals surface area contributed by atoms with Crippen LogP contribution in [0, 0.1) is 11.3 Å². The standard InChI is InChI=1S/C23H25N3OS/c1-5-15-8-6-7-9-19(15)26-20(25-21(27)18(14-24)22(26)28)16-10-12-17(13-11-16)23(2,3)4/h6-13,20,28H,5H2,1-4H3,(H,25,27). The fourth-order valence-corrected chi connectivity index (χ4v) is 3.78. The largest absolute Gasteiger partial charge is 0.327 e. The smallest absolute Gasteiger partial charge is 0.266 e. The number of para-hydroxylation sites is 1.